The van der Waals surface area contributed by atoms with Gasteiger partial charge in [0.1, 0.15) is 5.78 Å². The summed E-state index contributed by atoms with van der Waals surface area (Å²) in [5.41, 5.74) is 0. The lowest BCUT2D eigenvalue weighted by Crippen LogP contribution is -2.29. The average molecular weight is 256 g/mol. The quantitative estimate of drug-likeness (QED) is 0.733. The molecular weight excluding hydrogens is 236 g/mol. The molecule has 1 saturated carbocycles. The number of ketones is 1. The van der Waals surface area contributed by atoms with Crippen LogP contribution < -0.4 is 0 Å². The van der Waals surface area contributed by atoms with Crippen molar-refractivity contribution in [3.63, 3.8) is 0 Å². The topological polar surface area (TPSA) is 80.7 Å². The average Bonchev–Trinajstić information content (AvgIpc) is 2.37. The van der Waals surface area contributed by atoms with E-state index in [1.165, 1.54) is 7.11 Å². The van der Waals surface area contributed by atoms with Crippen LogP contribution in [0.1, 0.15) is 44.9 Å². The normalized spacial score (nSPS) is 18.1. The number of aliphatic carboxylic acids is 1. The van der Waals surface area contributed by atoms with Crippen molar-refractivity contribution >= 4 is 17.7 Å². The maximum atomic E-state index is 12.2. The molecule has 0 amide bonds. The van der Waals surface area contributed by atoms with Crippen molar-refractivity contribution < 1.29 is 24.2 Å². The van der Waals surface area contributed by atoms with Crippen molar-refractivity contribution in [2.45, 2.75) is 44.9 Å². The molecule has 18 heavy (non-hydrogen) atoms. The Kier molecular flexibility index (Phi) is 5.82. The molecule has 1 rings (SSSR count). The predicted molar refractivity (Wildman–Crippen MR) is 64.0 cm³/mol. The molecule has 1 N–H and O–H groups in total. The summed E-state index contributed by atoms with van der Waals surface area (Å²) in [5, 5.41) is 8.81. The lowest BCUT2D eigenvalue weighted by Gasteiger charge is -2.24. The second-order valence-electron chi connectivity index (χ2n) is 4.81. The van der Waals surface area contributed by atoms with Gasteiger partial charge in [-0.25, -0.2) is 0 Å². The minimum absolute atomic E-state index is 0.0762. The van der Waals surface area contributed by atoms with Crippen molar-refractivity contribution in [2.24, 2.45) is 11.8 Å². The van der Waals surface area contributed by atoms with E-state index in [4.69, 9.17) is 5.11 Å². The fraction of sp³-hybridized carbons (Fsp3) is 0.769. The van der Waals surface area contributed by atoms with Crippen molar-refractivity contribution in [3.8, 4) is 0 Å². The number of esters is 1. The fourth-order valence-corrected chi connectivity index (χ4v) is 2.49. The third-order valence-electron chi connectivity index (χ3n) is 3.47. The lowest BCUT2D eigenvalue weighted by molar-refractivity contribution is -0.147. The summed E-state index contributed by atoms with van der Waals surface area (Å²) in [6.07, 6.45) is 4.36. The highest BCUT2D eigenvalue weighted by molar-refractivity contribution is 5.90. The van der Waals surface area contributed by atoms with Gasteiger partial charge in [0.25, 0.3) is 0 Å². The van der Waals surface area contributed by atoms with Crippen LogP contribution in [0.25, 0.3) is 0 Å². The van der Waals surface area contributed by atoms with Crippen LogP contribution in [0.2, 0.25) is 0 Å². The maximum Gasteiger partial charge on any atom is 0.306 e. The van der Waals surface area contributed by atoms with Gasteiger partial charge in [-0.15, -0.1) is 0 Å². The van der Waals surface area contributed by atoms with Crippen LogP contribution >= 0.6 is 0 Å². The molecule has 0 aromatic rings. The molecule has 1 atom stereocenters. The second kappa shape index (κ2) is 7.13. The smallest absolute Gasteiger partial charge is 0.306 e. The molecule has 0 bridgehead atoms. The van der Waals surface area contributed by atoms with Gasteiger partial charge in [-0.2, -0.15) is 0 Å². The third kappa shape index (κ3) is 4.47. The fourth-order valence-electron chi connectivity index (χ4n) is 2.49. The first kappa shape index (κ1) is 14.7. The molecule has 1 unspecified atom stereocenters. The Morgan fingerprint density at radius 2 is 1.78 bits per heavy atom. The van der Waals surface area contributed by atoms with Crippen molar-refractivity contribution in [3.05, 3.63) is 0 Å². The Bertz CT molecular complexity index is 317. The molecule has 1 fully saturated rings. The van der Waals surface area contributed by atoms with E-state index in [1.807, 2.05) is 0 Å². The van der Waals surface area contributed by atoms with Crippen molar-refractivity contribution in [1.82, 2.24) is 0 Å². The van der Waals surface area contributed by atoms with Crippen LogP contribution in [0.5, 0.6) is 0 Å². The molecule has 0 radical (unpaired) electrons. The molecule has 0 heterocycles. The van der Waals surface area contributed by atoms with Gasteiger partial charge in [-0.1, -0.05) is 19.3 Å². The Morgan fingerprint density at radius 1 is 1.17 bits per heavy atom. The molecule has 5 heteroatoms. The Balaban J connectivity index is 2.64. The first-order valence-corrected chi connectivity index (χ1v) is 6.37. The predicted octanol–water partition coefficient (Wildman–Crippen LogP) is 1.79. The zero-order valence-corrected chi connectivity index (χ0v) is 10.7. The highest BCUT2D eigenvalue weighted by Gasteiger charge is 2.31. The molecule has 1 aliphatic carbocycles. The van der Waals surface area contributed by atoms with Crippen LogP contribution in [-0.4, -0.2) is 29.9 Å². The van der Waals surface area contributed by atoms with E-state index < -0.39 is 17.9 Å². The van der Waals surface area contributed by atoms with Gasteiger partial charge in [0, 0.05) is 11.8 Å². The van der Waals surface area contributed by atoms with Crippen LogP contribution in [0.3, 0.4) is 0 Å². The van der Waals surface area contributed by atoms with Gasteiger partial charge in [0.2, 0.25) is 0 Å². The second-order valence-corrected chi connectivity index (χ2v) is 4.81. The number of hydrogen-bond acceptors (Lipinski definition) is 4. The Hall–Kier alpha value is -1.39. The van der Waals surface area contributed by atoms with E-state index in [0.717, 1.165) is 32.1 Å². The van der Waals surface area contributed by atoms with E-state index in [9.17, 15) is 14.4 Å². The van der Waals surface area contributed by atoms with E-state index in [1.54, 1.807) is 0 Å². The van der Waals surface area contributed by atoms with E-state index in [2.05, 4.69) is 4.74 Å². The molecular formula is C13H20O5. The van der Waals surface area contributed by atoms with Gasteiger partial charge < -0.3 is 9.84 Å². The number of carboxylic acid groups (broad SMARTS) is 1. The highest BCUT2D eigenvalue weighted by atomic mass is 16.5. The number of carbonyl (C=O) groups excluding carboxylic acids is 2. The molecule has 0 aromatic carbocycles. The monoisotopic (exact) mass is 256 g/mol. The summed E-state index contributed by atoms with van der Waals surface area (Å²) >= 11 is 0. The number of rotatable bonds is 6. The summed E-state index contributed by atoms with van der Waals surface area (Å²) in [7, 11) is 1.24. The molecule has 0 saturated heterocycles. The van der Waals surface area contributed by atoms with E-state index >= 15 is 0 Å². The minimum atomic E-state index is -1.05. The summed E-state index contributed by atoms with van der Waals surface area (Å²) in [4.78, 5) is 34.2. The molecule has 1 aliphatic rings. The summed E-state index contributed by atoms with van der Waals surface area (Å²) in [6.45, 7) is 0. The first-order valence-electron chi connectivity index (χ1n) is 6.37. The summed E-state index contributed by atoms with van der Waals surface area (Å²) < 4.78 is 4.52. The maximum absolute atomic E-state index is 12.2. The van der Waals surface area contributed by atoms with Gasteiger partial charge in [0.15, 0.2) is 0 Å². The summed E-state index contributed by atoms with van der Waals surface area (Å²) in [6, 6.07) is 0. The number of hydrogen-bond donors (Lipinski definition) is 1. The Labute approximate surface area is 107 Å². The van der Waals surface area contributed by atoms with Crippen LogP contribution in [0.15, 0.2) is 0 Å². The Morgan fingerprint density at radius 3 is 2.28 bits per heavy atom. The van der Waals surface area contributed by atoms with E-state index in [-0.39, 0.29) is 24.5 Å². The third-order valence-corrected chi connectivity index (χ3v) is 3.47. The van der Waals surface area contributed by atoms with Gasteiger partial charge in [-0.05, 0) is 12.8 Å². The van der Waals surface area contributed by atoms with Gasteiger partial charge >= 0.3 is 11.9 Å². The summed E-state index contributed by atoms with van der Waals surface area (Å²) in [5.74, 6) is -2.47. The minimum Gasteiger partial charge on any atom is -0.481 e. The SMILES string of the molecule is COC(=O)CC(CC(=O)O)C(=O)C1CCCCC1. The number of methoxy groups -OCH3 is 1. The lowest BCUT2D eigenvalue weighted by atomic mass is 9.79. The van der Waals surface area contributed by atoms with Gasteiger partial charge in [0.05, 0.1) is 20.0 Å². The van der Waals surface area contributed by atoms with Crippen molar-refractivity contribution in [2.75, 3.05) is 7.11 Å². The molecule has 0 aliphatic heterocycles. The standard InChI is InChI=1S/C13H20O5/c1-18-12(16)8-10(7-11(14)15)13(17)9-5-3-2-4-6-9/h9-10H,2-8H2,1H3,(H,14,15). The molecule has 102 valence electrons. The number of carbonyl (C=O) groups is 3. The van der Waals surface area contributed by atoms with Crippen molar-refractivity contribution in [1.29, 1.82) is 0 Å². The zero-order chi connectivity index (χ0) is 13.5. The largest absolute Gasteiger partial charge is 0.481 e. The number of carboxylic acids is 1. The molecule has 0 aromatic heterocycles. The number of Topliss-reactive ketones (excluding diaryl/α,β-unsaturated/α-hetero) is 1. The molecule has 5 nitrogen and oxygen atoms in total. The number of ether oxygens (including phenoxy) is 1. The van der Waals surface area contributed by atoms with E-state index in [0.29, 0.717) is 0 Å². The highest BCUT2D eigenvalue weighted by Crippen LogP contribution is 2.28. The molecule has 0 spiro atoms. The van der Waals surface area contributed by atoms with Crippen LogP contribution in [0.4, 0.5) is 0 Å². The first-order chi connectivity index (χ1) is 8.54. The van der Waals surface area contributed by atoms with Gasteiger partial charge in [-0.3, -0.25) is 14.4 Å². The van der Waals surface area contributed by atoms with Crippen LogP contribution in [0, 0.1) is 11.8 Å². The van der Waals surface area contributed by atoms with Crippen LogP contribution in [-0.2, 0) is 19.1 Å². The zero-order valence-electron chi connectivity index (χ0n) is 10.7.